The Morgan fingerprint density at radius 1 is 1.46 bits per heavy atom. The molecule has 1 aliphatic rings. The molecule has 0 saturated heterocycles. The number of aromatic nitrogens is 2. The van der Waals surface area contributed by atoms with Gasteiger partial charge in [-0.05, 0) is 37.8 Å². The second-order valence-corrected chi connectivity index (χ2v) is 6.27. The SMILES string of the molecule is [C-]#[N+]c1cnn2c(C(=O)OCC)ccc2c1NC1CCCCC1C. The fourth-order valence-electron chi connectivity index (χ4n) is 3.36. The Kier molecular flexibility index (Phi) is 4.70. The smallest absolute Gasteiger partial charge is 0.356 e. The zero-order valence-electron chi connectivity index (χ0n) is 14.1. The van der Waals surface area contributed by atoms with Gasteiger partial charge in [0.05, 0.1) is 30.6 Å². The van der Waals surface area contributed by atoms with E-state index in [1.54, 1.807) is 17.5 Å². The van der Waals surface area contributed by atoms with Gasteiger partial charge in [0.2, 0.25) is 5.69 Å². The molecule has 0 aromatic carbocycles. The van der Waals surface area contributed by atoms with Crippen LogP contribution in [0.2, 0.25) is 0 Å². The molecule has 1 saturated carbocycles. The topological polar surface area (TPSA) is 60.0 Å². The third-order valence-electron chi connectivity index (χ3n) is 4.71. The summed E-state index contributed by atoms with van der Waals surface area (Å²) in [6.45, 7) is 11.8. The summed E-state index contributed by atoms with van der Waals surface area (Å²) in [6.07, 6.45) is 6.27. The summed E-state index contributed by atoms with van der Waals surface area (Å²) in [6, 6.07) is 3.86. The molecule has 1 N–H and O–H groups in total. The predicted octanol–water partition coefficient (Wildman–Crippen LogP) is 4.05. The lowest BCUT2D eigenvalue weighted by Crippen LogP contribution is -2.30. The van der Waals surface area contributed by atoms with Gasteiger partial charge in [-0.25, -0.2) is 14.2 Å². The quantitative estimate of drug-likeness (QED) is 0.680. The highest BCUT2D eigenvalue weighted by Gasteiger charge is 2.24. The molecule has 1 aliphatic carbocycles. The van der Waals surface area contributed by atoms with Crippen molar-refractivity contribution in [2.24, 2.45) is 5.92 Å². The Hall–Kier alpha value is -2.55. The Bertz CT molecular complexity index is 790. The van der Waals surface area contributed by atoms with Crippen LogP contribution in [-0.4, -0.2) is 28.2 Å². The number of nitrogens with one attached hydrogen (secondary N) is 1. The molecule has 2 aromatic rings. The molecule has 0 spiro atoms. The molecular formula is C18H22N4O2. The van der Waals surface area contributed by atoms with Crippen LogP contribution < -0.4 is 5.32 Å². The van der Waals surface area contributed by atoms with E-state index in [4.69, 9.17) is 11.3 Å². The standard InChI is InChI=1S/C18H22N4O2/c1-4-24-18(23)16-10-9-15-17(14(19-3)11-20-22(15)16)21-13-8-6-5-7-12(13)2/h9-13,21H,4-8H2,1-2H3. The van der Waals surface area contributed by atoms with Crippen molar-refractivity contribution in [1.82, 2.24) is 9.61 Å². The Morgan fingerprint density at radius 2 is 2.25 bits per heavy atom. The number of hydrogen-bond acceptors (Lipinski definition) is 4. The molecule has 0 radical (unpaired) electrons. The van der Waals surface area contributed by atoms with Gasteiger partial charge in [-0.2, -0.15) is 5.10 Å². The number of ether oxygens (including phenoxy) is 1. The van der Waals surface area contributed by atoms with Gasteiger partial charge in [0, 0.05) is 6.04 Å². The van der Waals surface area contributed by atoms with Crippen LogP contribution in [0.15, 0.2) is 18.3 Å². The van der Waals surface area contributed by atoms with Crippen molar-refractivity contribution >= 4 is 22.9 Å². The molecule has 0 bridgehead atoms. The average Bonchev–Trinajstić information content (AvgIpc) is 3.02. The molecule has 6 nitrogen and oxygen atoms in total. The predicted molar refractivity (Wildman–Crippen MR) is 92.5 cm³/mol. The third kappa shape index (κ3) is 2.94. The third-order valence-corrected chi connectivity index (χ3v) is 4.71. The maximum Gasteiger partial charge on any atom is 0.356 e. The second-order valence-electron chi connectivity index (χ2n) is 6.27. The molecule has 6 heteroatoms. The highest BCUT2D eigenvalue weighted by molar-refractivity contribution is 5.93. The van der Waals surface area contributed by atoms with Crippen LogP contribution >= 0.6 is 0 Å². The van der Waals surface area contributed by atoms with Crippen LogP contribution in [0.4, 0.5) is 11.4 Å². The number of fused-ring (bicyclic) bond motifs is 1. The Balaban J connectivity index is 2.02. The minimum absolute atomic E-state index is 0.316. The number of anilines is 1. The molecular weight excluding hydrogens is 304 g/mol. The van der Waals surface area contributed by atoms with Crippen LogP contribution in [0.25, 0.3) is 10.4 Å². The molecule has 0 aliphatic heterocycles. The monoisotopic (exact) mass is 326 g/mol. The number of esters is 1. The lowest BCUT2D eigenvalue weighted by atomic mass is 9.86. The van der Waals surface area contributed by atoms with E-state index in [0.29, 0.717) is 29.9 Å². The van der Waals surface area contributed by atoms with Crippen molar-refractivity contribution in [2.75, 3.05) is 11.9 Å². The second kappa shape index (κ2) is 6.91. The minimum atomic E-state index is -0.405. The van der Waals surface area contributed by atoms with Gasteiger partial charge in [0.15, 0.2) is 5.69 Å². The highest BCUT2D eigenvalue weighted by atomic mass is 16.5. The summed E-state index contributed by atoms with van der Waals surface area (Å²) in [5.41, 5.74) is 2.36. The van der Waals surface area contributed by atoms with E-state index in [1.165, 1.54) is 25.5 Å². The van der Waals surface area contributed by atoms with Crippen LogP contribution in [0, 0.1) is 12.5 Å². The fourth-order valence-corrected chi connectivity index (χ4v) is 3.36. The van der Waals surface area contributed by atoms with Gasteiger partial charge >= 0.3 is 5.97 Å². The molecule has 0 amide bonds. The molecule has 24 heavy (non-hydrogen) atoms. The summed E-state index contributed by atoms with van der Waals surface area (Å²) in [4.78, 5) is 15.7. The summed E-state index contributed by atoms with van der Waals surface area (Å²) < 4.78 is 6.64. The van der Waals surface area contributed by atoms with Crippen LogP contribution in [-0.2, 0) is 4.74 Å². The van der Waals surface area contributed by atoms with E-state index in [-0.39, 0.29) is 0 Å². The van der Waals surface area contributed by atoms with E-state index < -0.39 is 5.97 Å². The summed E-state index contributed by atoms with van der Waals surface area (Å²) in [5, 5.41) is 7.80. The van der Waals surface area contributed by atoms with Crippen molar-refractivity contribution in [3.8, 4) is 0 Å². The number of carbonyl (C=O) groups is 1. The molecule has 2 atom stereocenters. The average molecular weight is 326 g/mol. The lowest BCUT2D eigenvalue weighted by molar-refractivity contribution is 0.0517. The summed E-state index contributed by atoms with van der Waals surface area (Å²) >= 11 is 0. The van der Waals surface area contributed by atoms with Crippen LogP contribution in [0.1, 0.15) is 50.0 Å². The Labute approximate surface area is 141 Å². The zero-order chi connectivity index (χ0) is 17.1. The van der Waals surface area contributed by atoms with Crippen LogP contribution in [0.5, 0.6) is 0 Å². The summed E-state index contributed by atoms with van der Waals surface area (Å²) in [7, 11) is 0. The van der Waals surface area contributed by atoms with E-state index in [0.717, 1.165) is 17.6 Å². The molecule has 2 unspecified atom stereocenters. The van der Waals surface area contributed by atoms with Gasteiger partial charge in [-0.15, -0.1) is 0 Å². The zero-order valence-corrected chi connectivity index (χ0v) is 14.1. The van der Waals surface area contributed by atoms with E-state index in [1.807, 2.05) is 6.07 Å². The largest absolute Gasteiger partial charge is 0.461 e. The number of hydrogen-bond donors (Lipinski definition) is 1. The van der Waals surface area contributed by atoms with Gasteiger partial charge in [0.25, 0.3) is 0 Å². The minimum Gasteiger partial charge on any atom is -0.461 e. The van der Waals surface area contributed by atoms with Gasteiger partial charge in [-0.3, -0.25) is 0 Å². The molecule has 2 aromatic heterocycles. The number of rotatable bonds is 4. The van der Waals surface area contributed by atoms with E-state index in [2.05, 4.69) is 22.2 Å². The van der Waals surface area contributed by atoms with Crippen molar-refractivity contribution in [2.45, 2.75) is 45.6 Å². The van der Waals surface area contributed by atoms with Crippen molar-refractivity contribution in [1.29, 1.82) is 0 Å². The van der Waals surface area contributed by atoms with Gasteiger partial charge in [-0.1, -0.05) is 19.8 Å². The maximum atomic E-state index is 12.1. The van der Waals surface area contributed by atoms with E-state index >= 15 is 0 Å². The highest BCUT2D eigenvalue weighted by Crippen LogP contribution is 2.34. The van der Waals surface area contributed by atoms with Gasteiger partial charge in [0.1, 0.15) is 0 Å². The van der Waals surface area contributed by atoms with Crippen LogP contribution in [0.3, 0.4) is 0 Å². The van der Waals surface area contributed by atoms with Crippen molar-refractivity contribution in [3.63, 3.8) is 0 Å². The number of carbonyl (C=O) groups excluding carboxylic acids is 1. The first-order chi connectivity index (χ1) is 11.7. The molecule has 2 heterocycles. The van der Waals surface area contributed by atoms with E-state index in [9.17, 15) is 4.79 Å². The first kappa shape index (κ1) is 16.3. The summed E-state index contributed by atoms with van der Waals surface area (Å²) in [5.74, 6) is 0.155. The van der Waals surface area contributed by atoms with Gasteiger partial charge < -0.3 is 10.1 Å². The normalized spacial score (nSPS) is 20.5. The Morgan fingerprint density at radius 3 is 2.96 bits per heavy atom. The first-order valence-corrected chi connectivity index (χ1v) is 8.47. The molecule has 1 fully saturated rings. The van der Waals surface area contributed by atoms with Crippen molar-refractivity contribution < 1.29 is 9.53 Å². The lowest BCUT2D eigenvalue weighted by Gasteiger charge is -2.31. The first-order valence-electron chi connectivity index (χ1n) is 8.47. The number of nitrogens with zero attached hydrogens (tertiary/aromatic N) is 3. The maximum absolute atomic E-state index is 12.1. The molecule has 3 rings (SSSR count). The fraction of sp³-hybridized carbons (Fsp3) is 0.500. The molecule has 126 valence electrons. The van der Waals surface area contributed by atoms with Crippen molar-refractivity contribution in [3.05, 3.63) is 35.4 Å².